The lowest BCUT2D eigenvalue weighted by Crippen LogP contribution is -1.95. The number of aliphatic hydroxyl groups excluding tert-OH is 1. The monoisotopic (exact) mass is 229 g/mol. The second-order valence-electron chi connectivity index (χ2n) is 2.67. The lowest BCUT2D eigenvalue weighted by molar-refractivity contribution is 0.288. The van der Waals surface area contributed by atoms with Crippen LogP contribution in [0.4, 0.5) is 5.69 Å². The minimum Gasteiger partial charge on any atom is -0.398 e. The van der Waals surface area contributed by atoms with Gasteiger partial charge >= 0.3 is 0 Å². The highest BCUT2D eigenvalue weighted by Crippen LogP contribution is 2.19. The van der Waals surface area contributed by atoms with Gasteiger partial charge in [-0.05, 0) is 30.5 Å². The Kier molecular flexibility index (Phi) is 3.56. The fourth-order valence-electron chi connectivity index (χ4n) is 1.06. The molecule has 0 radical (unpaired) electrons. The average molecular weight is 230 g/mol. The van der Waals surface area contributed by atoms with E-state index in [-0.39, 0.29) is 6.61 Å². The van der Waals surface area contributed by atoms with Crippen LogP contribution in [0.2, 0.25) is 0 Å². The second-order valence-corrected chi connectivity index (χ2v) is 3.59. The van der Waals surface area contributed by atoms with Crippen molar-refractivity contribution in [2.24, 2.45) is 0 Å². The molecular formula is C9H12BrNO. The molecule has 0 aliphatic rings. The molecular weight excluding hydrogens is 218 g/mol. The summed E-state index contributed by atoms with van der Waals surface area (Å²) in [6.45, 7) is 0.218. The Morgan fingerprint density at radius 1 is 1.42 bits per heavy atom. The molecule has 0 atom stereocenters. The van der Waals surface area contributed by atoms with Crippen molar-refractivity contribution in [3.05, 3.63) is 28.2 Å². The van der Waals surface area contributed by atoms with Crippen LogP contribution in [-0.4, -0.2) is 11.7 Å². The normalized spacial score (nSPS) is 10.2. The van der Waals surface area contributed by atoms with Crippen molar-refractivity contribution in [3.63, 3.8) is 0 Å². The van der Waals surface area contributed by atoms with Crippen molar-refractivity contribution in [2.75, 3.05) is 12.3 Å². The molecule has 0 bridgehead atoms. The van der Waals surface area contributed by atoms with E-state index in [1.807, 2.05) is 18.2 Å². The standard InChI is InChI=1S/C9H12BrNO/c10-8-4-3-7(2-1-5-12)9(11)6-8/h3-4,6,12H,1-2,5,11H2. The predicted octanol–water partition coefficient (Wildman–Crippen LogP) is 1.96. The first-order valence-corrected chi connectivity index (χ1v) is 4.68. The summed E-state index contributed by atoms with van der Waals surface area (Å²) in [5.41, 5.74) is 7.64. The number of nitrogen functional groups attached to an aromatic ring is 1. The maximum atomic E-state index is 8.62. The van der Waals surface area contributed by atoms with Crippen LogP contribution < -0.4 is 5.73 Å². The van der Waals surface area contributed by atoms with Gasteiger partial charge in [0.05, 0.1) is 0 Å². The summed E-state index contributed by atoms with van der Waals surface area (Å²) in [7, 11) is 0. The zero-order valence-electron chi connectivity index (χ0n) is 6.76. The van der Waals surface area contributed by atoms with Gasteiger partial charge in [-0.2, -0.15) is 0 Å². The van der Waals surface area contributed by atoms with Gasteiger partial charge in [-0.15, -0.1) is 0 Å². The molecule has 0 aromatic heterocycles. The predicted molar refractivity (Wildman–Crippen MR) is 54.0 cm³/mol. The molecule has 0 saturated carbocycles. The van der Waals surface area contributed by atoms with Crippen LogP contribution in [-0.2, 0) is 6.42 Å². The summed E-state index contributed by atoms with van der Waals surface area (Å²) in [4.78, 5) is 0. The topological polar surface area (TPSA) is 46.2 Å². The highest BCUT2D eigenvalue weighted by molar-refractivity contribution is 9.10. The molecule has 66 valence electrons. The van der Waals surface area contributed by atoms with E-state index in [0.717, 1.165) is 28.6 Å². The molecule has 0 unspecified atom stereocenters. The minimum atomic E-state index is 0.218. The molecule has 0 amide bonds. The van der Waals surface area contributed by atoms with Gasteiger partial charge in [-0.1, -0.05) is 22.0 Å². The lowest BCUT2D eigenvalue weighted by Gasteiger charge is -2.04. The van der Waals surface area contributed by atoms with Gasteiger partial charge in [0.25, 0.3) is 0 Å². The Bertz CT molecular complexity index is 263. The molecule has 1 aromatic rings. The number of rotatable bonds is 3. The average Bonchev–Trinajstić information content (AvgIpc) is 2.03. The lowest BCUT2D eigenvalue weighted by atomic mass is 10.1. The summed E-state index contributed by atoms with van der Waals surface area (Å²) < 4.78 is 0.993. The molecule has 3 N–H and O–H groups in total. The molecule has 2 nitrogen and oxygen atoms in total. The van der Waals surface area contributed by atoms with Crippen LogP contribution in [0.5, 0.6) is 0 Å². The molecule has 0 saturated heterocycles. The van der Waals surface area contributed by atoms with E-state index in [2.05, 4.69) is 15.9 Å². The van der Waals surface area contributed by atoms with Crippen LogP contribution >= 0.6 is 15.9 Å². The van der Waals surface area contributed by atoms with Gasteiger partial charge in [0.2, 0.25) is 0 Å². The smallest absolute Gasteiger partial charge is 0.0434 e. The number of nitrogens with two attached hydrogens (primary N) is 1. The number of aliphatic hydroxyl groups is 1. The number of anilines is 1. The number of benzene rings is 1. The van der Waals surface area contributed by atoms with Crippen molar-refractivity contribution < 1.29 is 5.11 Å². The van der Waals surface area contributed by atoms with E-state index in [9.17, 15) is 0 Å². The Morgan fingerprint density at radius 3 is 2.75 bits per heavy atom. The fourth-order valence-corrected chi connectivity index (χ4v) is 1.44. The van der Waals surface area contributed by atoms with Gasteiger partial charge in [0, 0.05) is 16.8 Å². The molecule has 0 heterocycles. The molecule has 12 heavy (non-hydrogen) atoms. The quantitative estimate of drug-likeness (QED) is 0.779. The summed E-state index contributed by atoms with van der Waals surface area (Å²) in [5.74, 6) is 0. The zero-order valence-corrected chi connectivity index (χ0v) is 8.34. The van der Waals surface area contributed by atoms with Crippen LogP contribution in [0.15, 0.2) is 22.7 Å². The SMILES string of the molecule is Nc1cc(Br)ccc1CCCO. The summed E-state index contributed by atoms with van der Waals surface area (Å²) in [5, 5.41) is 8.62. The van der Waals surface area contributed by atoms with E-state index in [1.54, 1.807) is 0 Å². The Labute approximate surface area is 80.5 Å². The molecule has 0 aliphatic carbocycles. The highest BCUT2D eigenvalue weighted by Gasteiger charge is 1.98. The van der Waals surface area contributed by atoms with Gasteiger partial charge in [0.1, 0.15) is 0 Å². The van der Waals surface area contributed by atoms with Crippen molar-refractivity contribution in [2.45, 2.75) is 12.8 Å². The summed E-state index contributed by atoms with van der Waals surface area (Å²) in [6, 6.07) is 5.82. The van der Waals surface area contributed by atoms with Crippen LogP contribution in [0, 0.1) is 0 Å². The Morgan fingerprint density at radius 2 is 2.17 bits per heavy atom. The number of halogens is 1. The van der Waals surface area contributed by atoms with Crippen LogP contribution in [0.25, 0.3) is 0 Å². The summed E-state index contributed by atoms with van der Waals surface area (Å²) in [6.07, 6.45) is 1.61. The Balaban J connectivity index is 2.72. The van der Waals surface area contributed by atoms with E-state index in [0.29, 0.717) is 0 Å². The van der Waals surface area contributed by atoms with E-state index in [4.69, 9.17) is 10.8 Å². The fraction of sp³-hybridized carbons (Fsp3) is 0.333. The highest BCUT2D eigenvalue weighted by atomic mass is 79.9. The van der Waals surface area contributed by atoms with Gasteiger partial charge in [-0.25, -0.2) is 0 Å². The molecule has 1 rings (SSSR count). The van der Waals surface area contributed by atoms with Gasteiger partial charge in [0.15, 0.2) is 0 Å². The Hall–Kier alpha value is -0.540. The first kappa shape index (κ1) is 9.55. The van der Waals surface area contributed by atoms with Crippen molar-refractivity contribution in [1.82, 2.24) is 0 Å². The van der Waals surface area contributed by atoms with E-state index >= 15 is 0 Å². The number of hydrogen-bond acceptors (Lipinski definition) is 2. The van der Waals surface area contributed by atoms with Crippen molar-refractivity contribution in [1.29, 1.82) is 0 Å². The third-order valence-electron chi connectivity index (χ3n) is 1.71. The van der Waals surface area contributed by atoms with Crippen LogP contribution in [0.1, 0.15) is 12.0 Å². The maximum Gasteiger partial charge on any atom is 0.0434 e. The third-order valence-corrected chi connectivity index (χ3v) is 2.21. The van der Waals surface area contributed by atoms with Crippen molar-refractivity contribution >= 4 is 21.6 Å². The first-order valence-electron chi connectivity index (χ1n) is 3.89. The molecule has 0 aliphatic heterocycles. The minimum absolute atomic E-state index is 0.218. The summed E-state index contributed by atoms with van der Waals surface area (Å²) >= 11 is 3.34. The molecule has 0 spiro atoms. The zero-order chi connectivity index (χ0) is 8.97. The maximum absolute atomic E-state index is 8.62. The van der Waals surface area contributed by atoms with E-state index in [1.165, 1.54) is 0 Å². The second kappa shape index (κ2) is 4.48. The first-order chi connectivity index (χ1) is 5.74. The van der Waals surface area contributed by atoms with Gasteiger partial charge < -0.3 is 10.8 Å². The van der Waals surface area contributed by atoms with Crippen molar-refractivity contribution in [3.8, 4) is 0 Å². The molecule has 3 heteroatoms. The molecule has 0 fully saturated rings. The number of aryl methyl sites for hydroxylation is 1. The third kappa shape index (κ3) is 2.50. The number of hydrogen-bond donors (Lipinski definition) is 2. The largest absolute Gasteiger partial charge is 0.398 e. The van der Waals surface area contributed by atoms with Crippen LogP contribution in [0.3, 0.4) is 0 Å². The molecule has 1 aromatic carbocycles. The van der Waals surface area contributed by atoms with Gasteiger partial charge in [-0.3, -0.25) is 0 Å². The van der Waals surface area contributed by atoms with E-state index < -0.39 is 0 Å².